The highest BCUT2D eigenvalue weighted by molar-refractivity contribution is 5.46. The zero-order chi connectivity index (χ0) is 22.3. The predicted octanol–water partition coefficient (Wildman–Crippen LogP) is 3.21. The summed E-state index contributed by atoms with van der Waals surface area (Å²) in [7, 11) is 3.31. The Hall–Kier alpha value is -3.13. The zero-order valence-corrected chi connectivity index (χ0v) is 19.1. The second-order valence-corrected chi connectivity index (χ2v) is 7.98. The molecule has 0 N–H and O–H groups in total. The van der Waals surface area contributed by atoms with Crippen LogP contribution in [0.25, 0.3) is 0 Å². The van der Waals surface area contributed by atoms with Crippen molar-refractivity contribution < 1.29 is 9.47 Å². The highest BCUT2D eigenvalue weighted by Crippen LogP contribution is 2.28. The van der Waals surface area contributed by atoms with Crippen LogP contribution in [0.2, 0.25) is 0 Å². The summed E-state index contributed by atoms with van der Waals surface area (Å²) in [6.07, 6.45) is 1.79. The van der Waals surface area contributed by atoms with Crippen LogP contribution in [-0.4, -0.2) is 65.5 Å². The summed E-state index contributed by atoms with van der Waals surface area (Å²) in [5.74, 6) is 2.42. The van der Waals surface area contributed by atoms with E-state index in [4.69, 9.17) is 9.47 Å². The average Bonchev–Trinajstić information content (AvgIpc) is 3.32. The third-order valence-corrected chi connectivity index (χ3v) is 6.18. The number of benzene rings is 2. The molecule has 8 heteroatoms. The Kier molecular flexibility index (Phi) is 7.21. The van der Waals surface area contributed by atoms with Gasteiger partial charge in [0.05, 0.1) is 20.3 Å². The molecule has 1 aliphatic heterocycles. The first-order valence-electron chi connectivity index (χ1n) is 11.2. The van der Waals surface area contributed by atoms with Crippen molar-refractivity contribution in [3.8, 4) is 11.5 Å². The summed E-state index contributed by atoms with van der Waals surface area (Å²) in [5.41, 5.74) is 2.45. The fourth-order valence-corrected chi connectivity index (χ4v) is 4.42. The molecule has 4 rings (SSSR count). The molecule has 0 bridgehead atoms. The number of tetrazole rings is 1. The molecule has 0 spiro atoms. The molecule has 0 aliphatic carbocycles. The van der Waals surface area contributed by atoms with Crippen molar-refractivity contribution in [3.05, 3.63) is 59.9 Å². The largest absolute Gasteiger partial charge is 0.493 e. The maximum absolute atomic E-state index is 5.43. The van der Waals surface area contributed by atoms with Gasteiger partial charge in [0.15, 0.2) is 17.3 Å². The van der Waals surface area contributed by atoms with Gasteiger partial charge >= 0.3 is 0 Å². The number of aryl methyl sites for hydroxylation is 2. The minimum Gasteiger partial charge on any atom is -0.493 e. The van der Waals surface area contributed by atoms with E-state index in [0.717, 1.165) is 68.5 Å². The van der Waals surface area contributed by atoms with E-state index >= 15 is 0 Å². The molecular formula is C24H32N6O2. The van der Waals surface area contributed by atoms with Gasteiger partial charge in [-0.05, 0) is 53.1 Å². The molecule has 170 valence electrons. The Morgan fingerprint density at radius 3 is 2.38 bits per heavy atom. The van der Waals surface area contributed by atoms with Gasteiger partial charge in [-0.3, -0.25) is 4.90 Å². The van der Waals surface area contributed by atoms with Crippen LogP contribution in [0.5, 0.6) is 11.5 Å². The normalized spacial score (nSPS) is 15.5. The molecule has 1 fully saturated rings. The number of ether oxygens (including phenoxy) is 2. The molecule has 0 amide bonds. The van der Waals surface area contributed by atoms with Gasteiger partial charge < -0.3 is 14.4 Å². The second-order valence-electron chi connectivity index (χ2n) is 7.98. The molecule has 3 aromatic rings. The quantitative estimate of drug-likeness (QED) is 0.510. The van der Waals surface area contributed by atoms with E-state index in [1.165, 1.54) is 5.69 Å². The van der Waals surface area contributed by atoms with E-state index in [9.17, 15) is 0 Å². The monoisotopic (exact) mass is 436 g/mol. The van der Waals surface area contributed by atoms with Crippen molar-refractivity contribution in [2.24, 2.45) is 0 Å². The minimum absolute atomic E-state index is 0.216. The average molecular weight is 437 g/mol. The SMILES string of the molecule is CCC(c1nnnn1CCc1ccc(OC)c(OC)c1)N1CCN(c2ccccc2)CC1. The smallest absolute Gasteiger partial charge is 0.168 e. The van der Waals surface area contributed by atoms with Crippen LogP contribution >= 0.6 is 0 Å². The Morgan fingerprint density at radius 1 is 0.938 bits per heavy atom. The van der Waals surface area contributed by atoms with Crippen LogP contribution in [0.1, 0.15) is 30.8 Å². The summed E-state index contributed by atoms with van der Waals surface area (Å²) in [5, 5.41) is 12.7. The van der Waals surface area contributed by atoms with E-state index in [1.807, 2.05) is 16.8 Å². The molecule has 32 heavy (non-hydrogen) atoms. The Labute approximate surface area is 189 Å². The van der Waals surface area contributed by atoms with Gasteiger partial charge in [-0.15, -0.1) is 5.10 Å². The van der Waals surface area contributed by atoms with E-state index in [2.05, 4.69) is 68.6 Å². The lowest BCUT2D eigenvalue weighted by Crippen LogP contribution is -2.48. The molecule has 1 unspecified atom stereocenters. The molecule has 1 aromatic heterocycles. The molecular weight excluding hydrogens is 404 g/mol. The third kappa shape index (κ3) is 4.85. The molecule has 1 saturated heterocycles. The van der Waals surface area contributed by atoms with Crippen LogP contribution in [0.4, 0.5) is 5.69 Å². The van der Waals surface area contributed by atoms with Gasteiger partial charge in [-0.1, -0.05) is 31.2 Å². The number of piperazine rings is 1. The van der Waals surface area contributed by atoms with Gasteiger partial charge in [0.2, 0.25) is 0 Å². The number of para-hydroxylation sites is 1. The molecule has 1 atom stereocenters. The minimum atomic E-state index is 0.216. The first-order valence-corrected chi connectivity index (χ1v) is 11.2. The van der Waals surface area contributed by atoms with Crippen molar-refractivity contribution >= 4 is 5.69 Å². The lowest BCUT2D eigenvalue weighted by molar-refractivity contribution is 0.169. The molecule has 1 aliphatic rings. The number of hydrogen-bond acceptors (Lipinski definition) is 7. The maximum Gasteiger partial charge on any atom is 0.168 e. The van der Waals surface area contributed by atoms with Gasteiger partial charge in [-0.25, -0.2) is 4.68 Å². The summed E-state index contributed by atoms with van der Waals surface area (Å²) in [4.78, 5) is 4.96. The summed E-state index contributed by atoms with van der Waals surface area (Å²) < 4.78 is 12.7. The van der Waals surface area contributed by atoms with E-state index in [1.54, 1.807) is 14.2 Å². The Balaban J connectivity index is 1.40. The summed E-state index contributed by atoms with van der Waals surface area (Å²) >= 11 is 0. The second kappa shape index (κ2) is 10.5. The van der Waals surface area contributed by atoms with Crippen LogP contribution < -0.4 is 14.4 Å². The topological polar surface area (TPSA) is 68.5 Å². The van der Waals surface area contributed by atoms with Crippen molar-refractivity contribution in [3.63, 3.8) is 0 Å². The van der Waals surface area contributed by atoms with Crippen molar-refractivity contribution in [2.45, 2.75) is 32.4 Å². The number of methoxy groups -OCH3 is 2. The number of rotatable bonds is 9. The van der Waals surface area contributed by atoms with Crippen LogP contribution in [0.15, 0.2) is 48.5 Å². The summed E-state index contributed by atoms with van der Waals surface area (Å²) in [6, 6.07) is 16.9. The van der Waals surface area contributed by atoms with Crippen molar-refractivity contribution in [2.75, 3.05) is 45.3 Å². The highest BCUT2D eigenvalue weighted by Gasteiger charge is 2.28. The van der Waals surface area contributed by atoms with Crippen LogP contribution in [-0.2, 0) is 13.0 Å². The van der Waals surface area contributed by atoms with Gasteiger partial charge in [0, 0.05) is 38.4 Å². The molecule has 2 aromatic carbocycles. The standard InChI is InChI=1S/C24H32N6O2/c1-4-21(29-16-14-28(15-17-29)20-8-6-5-7-9-20)24-25-26-27-30(24)13-12-19-10-11-22(31-2)23(18-19)32-3/h5-11,18,21H,4,12-17H2,1-3H3. The van der Waals surface area contributed by atoms with Gasteiger partial charge in [0.25, 0.3) is 0 Å². The maximum atomic E-state index is 5.43. The molecule has 2 heterocycles. The van der Waals surface area contributed by atoms with E-state index in [-0.39, 0.29) is 6.04 Å². The van der Waals surface area contributed by atoms with Crippen molar-refractivity contribution in [1.82, 2.24) is 25.1 Å². The fourth-order valence-electron chi connectivity index (χ4n) is 4.42. The summed E-state index contributed by atoms with van der Waals surface area (Å²) in [6.45, 7) is 6.94. The van der Waals surface area contributed by atoms with E-state index < -0.39 is 0 Å². The number of nitrogens with zero attached hydrogens (tertiary/aromatic N) is 6. The van der Waals surface area contributed by atoms with Gasteiger partial charge in [0.1, 0.15) is 0 Å². The lowest BCUT2D eigenvalue weighted by atomic mass is 10.1. The van der Waals surface area contributed by atoms with Gasteiger partial charge in [-0.2, -0.15) is 0 Å². The molecule has 0 radical (unpaired) electrons. The fraction of sp³-hybridized carbons (Fsp3) is 0.458. The first kappa shape index (κ1) is 22.1. The first-order chi connectivity index (χ1) is 15.7. The number of hydrogen-bond donors (Lipinski definition) is 0. The molecule has 8 nitrogen and oxygen atoms in total. The highest BCUT2D eigenvalue weighted by atomic mass is 16.5. The van der Waals surface area contributed by atoms with Crippen molar-refractivity contribution in [1.29, 1.82) is 0 Å². The third-order valence-electron chi connectivity index (χ3n) is 6.18. The lowest BCUT2D eigenvalue weighted by Gasteiger charge is -2.39. The van der Waals surface area contributed by atoms with Crippen LogP contribution in [0.3, 0.4) is 0 Å². The van der Waals surface area contributed by atoms with E-state index in [0.29, 0.717) is 0 Å². The number of anilines is 1. The van der Waals surface area contributed by atoms with Crippen LogP contribution in [0, 0.1) is 0 Å². The Bertz CT molecular complexity index is 985. The molecule has 0 saturated carbocycles. The zero-order valence-electron chi connectivity index (χ0n) is 19.1. The Morgan fingerprint density at radius 2 is 1.69 bits per heavy atom. The predicted molar refractivity (Wildman–Crippen MR) is 124 cm³/mol. The number of aromatic nitrogens is 4.